The van der Waals surface area contributed by atoms with Crippen LogP contribution in [0.25, 0.3) is 0 Å². The van der Waals surface area contributed by atoms with Crippen LogP contribution in [0.4, 0.5) is 4.79 Å². The van der Waals surface area contributed by atoms with E-state index >= 15 is 0 Å². The molecule has 1 saturated carbocycles. The summed E-state index contributed by atoms with van der Waals surface area (Å²) in [6.07, 6.45) is 9.72. The van der Waals surface area contributed by atoms with Crippen molar-refractivity contribution < 1.29 is 18.7 Å². The first-order chi connectivity index (χ1) is 14.5. The molecule has 1 aromatic carbocycles. The smallest absolute Gasteiger partial charge is 0.290 e. The maximum absolute atomic E-state index is 11.7. The van der Waals surface area contributed by atoms with Gasteiger partial charge >= 0.3 is 0 Å². The largest absolute Gasteiger partial charge is 0.451 e. The zero-order valence-corrected chi connectivity index (χ0v) is 18.0. The molecule has 0 radical (unpaired) electrons. The summed E-state index contributed by atoms with van der Waals surface area (Å²) in [5.41, 5.74) is 4.28. The lowest BCUT2D eigenvalue weighted by Gasteiger charge is -2.32. The van der Waals surface area contributed by atoms with Gasteiger partial charge in [0.25, 0.3) is 11.1 Å². The van der Waals surface area contributed by atoms with E-state index in [0.717, 1.165) is 55.1 Å². The summed E-state index contributed by atoms with van der Waals surface area (Å²) in [5, 5.41) is 2.02. The number of hydrogen-bond donors (Lipinski definition) is 1. The first-order valence-corrected chi connectivity index (χ1v) is 11.1. The Balaban J connectivity index is 1.46. The Morgan fingerprint density at radius 1 is 1.33 bits per heavy atom. The summed E-state index contributed by atoms with van der Waals surface area (Å²) < 4.78 is 11.8. The van der Waals surface area contributed by atoms with Crippen LogP contribution in [0.3, 0.4) is 0 Å². The second-order valence-electron chi connectivity index (χ2n) is 8.09. The predicted molar refractivity (Wildman–Crippen MR) is 115 cm³/mol. The van der Waals surface area contributed by atoms with Crippen molar-refractivity contribution in [3.05, 3.63) is 64.2 Å². The highest BCUT2D eigenvalue weighted by Gasteiger charge is 2.29. The lowest BCUT2D eigenvalue weighted by Crippen LogP contribution is -2.25. The molecular formula is C23H26N2O4S. The summed E-state index contributed by atoms with van der Waals surface area (Å²) in [5.74, 6) is 0.145. The first-order valence-electron chi connectivity index (χ1n) is 10.3. The molecule has 2 amide bonds. The molecule has 2 aliphatic rings. The normalized spacial score (nSPS) is 24.3. The Bertz CT molecular complexity index is 954. The number of carbonyl (C=O) groups excluding carboxylic acids is 2. The fourth-order valence-electron chi connectivity index (χ4n) is 4.28. The molecule has 1 unspecified atom stereocenters. The van der Waals surface area contributed by atoms with Crippen molar-refractivity contribution >= 4 is 22.9 Å². The Hall–Kier alpha value is -2.38. The highest BCUT2D eigenvalue weighted by molar-refractivity contribution is 8.18. The van der Waals surface area contributed by atoms with E-state index in [4.69, 9.17) is 9.15 Å². The van der Waals surface area contributed by atoms with Gasteiger partial charge in [-0.25, -0.2) is 4.98 Å². The van der Waals surface area contributed by atoms with E-state index in [1.165, 1.54) is 17.5 Å². The predicted octanol–water partition coefficient (Wildman–Crippen LogP) is 5.21. The molecule has 2 heterocycles. The van der Waals surface area contributed by atoms with Gasteiger partial charge in [0.2, 0.25) is 0 Å². The topological polar surface area (TPSA) is 81.4 Å². The number of benzene rings is 1. The maximum atomic E-state index is 11.7. The fraction of sp³-hybridized carbons (Fsp3) is 0.435. The highest BCUT2D eigenvalue weighted by Crippen LogP contribution is 2.36. The zero-order chi connectivity index (χ0) is 21.1. The van der Waals surface area contributed by atoms with Crippen molar-refractivity contribution in [1.29, 1.82) is 0 Å². The third-order valence-corrected chi connectivity index (χ3v) is 6.63. The molecule has 7 heteroatoms. The summed E-state index contributed by atoms with van der Waals surface area (Å²) in [4.78, 5) is 28.0. The van der Waals surface area contributed by atoms with E-state index < -0.39 is 0 Å². The second-order valence-corrected chi connectivity index (χ2v) is 9.11. The van der Waals surface area contributed by atoms with Crippen LogP contribution in [0.2, 0.25) is 0 Å². The Kier molecular flexibility index (Phi) is 6.39. The van der Waals surface area contributed by atoms with Crippen molar-refractivity contribution in [2.24, 2.45) is 5.92 Å². The zero-order valence-electron chi connectivity index (χ0n) is 17.2. The minimum absolute atomic E-state index is 0.108. The first kappa shape index (κ1) is 20.9. The van der Waals surface area contributed by atoms with Gasteiger partial charge in [-0.3, -0.25) is 14.9 Å². The summed E-state index contributed by atoms with van der Waals surface area (Å²) in [6.45, 7) is 4.18. The molecule has 2 fully saturated rings. The van der Waals surface area contributed by atoms with Crippen molar-refractivity contribution in [3.8, 4) is 0 Å². The number of oxazole rings is 1. The van der Waals surface area contributed by atoms with Gasteiger partial charge in [-0.15, -0.1) is 0 Å². The number of hydrogen-bond acceptors (Lipinski definition) is 6. The molecule has 1 saturated heterocycles. The van der Waals surface area contributed by atoms with E-state index in [-0.39, 0.29) is 23.4 Å². The maximum Gasteiger partial charge on any atom is 0.290 e. The second kappa shape index (κ2) is 9.18. The van der Waals surface area contributed by atoms with Crippen LogP contribution in [0.5, 0.6) is 0 Å². The van der Waals surface area contributed by atoms with Gasteiger partial charge in [0.15, 0.2) is 6.39 Å². The number of imide groups is 1. The molecule has 0 spiro atoms. The molecule has 2 aromatic rings. The summed E-state index contributed by atoms with van der Waals surface area (Å²) in [7, 11) is 0. The number of thioether (sulfide) groups is 1. The van der Waals surface area contributed by atoms with Gasteiger partial charge in [0, 0.05) is 0 Å². The number of rotatable bonds is 6. The molecule has 0 bridgehead atoms. The van der Waals surface area contributed by atoms with Gasteiger partial charge < -0.3 is 9.15 Å². The minimum atomic E-state index is -0.292. The molecule has 158 valence electrons. The minimum Gasteiger partial charge on any atom is -0.451 e. The van der Waals surface area contributed by atoms with E-state index in [1.807, 2.05) is 6.08 Å². The van der Waals surface area contributed by atoms with Crippen molar-refractivity contribution in [3.63, 3.8) is 0 Å². The van der Waals surface area contributed by atoms with E-state index in [2.05, 4.69) is 42.3 Å². The van der Waals surface area contributed by atoms with Crippen molar-refractivity contribution in [1.82, 2.24) is 10.3 Å². The van der Waals surface area contributed by atoms with Gasteiger partial charge in [0.1, 0.15) is 18.1 Å². The molecule has 6 nitrogen and oxygen atoms in total. The quantitative estimate of drug-likeness (QED) is 0.638. The van der Waals surface area contributed by atoms with Gasteiger partial charge in [-0.1, -0.05) is 36.3 Å². The van der Waals surface area contributed by atoms with Gasteiger partial charge in [-0.2, -0.15) is 0 Å². The fourth-order valence-corrected chi connectivity index (χ4v) is 4.95. The molecule has 3 atom stereocenters. The van der Waals surface area contributed by atoms with Gasteiger partial charge in [0.05, 0.1) is 11.0 Å². The standard InChI is InChI=1S/C23H26N2O4S/c1-14-6-8-18(15(2)10-14)21(19-12-28-13-24-19)29-17-5-3-4-16(11-17)7-9-20-22(26)25-23(27)30-20/h6,8-10,12-13,16-17,21H,3-5,7,11H2,1-2H3,(H,25,26,27)/t16-,17-,21?/m1/s1. The SMILES string of the molecule is Cc1ccc(C(O[C@@H]2CCC[C@H](CC=C3SC(=O)NC3=O)C2)c2cocn2)c(C)c1. The van der Waals surface area contributed by atoms with E-state index in [0.29, 0.717) is 10.8 Å². The third-order valence-electron chi connectivity index (χ3n) is 5.77. The number of nitrogens with one attached hydrogen (secondary N) is 1. The Labute approximate surface area is 180 Å². The molecule has 1 aliphatic heterocycles. The lowest BCUT2D eigenvalue weighted by atomic mass is 9.84. The highest BCUT2D eigenvalue weighted by atomic mass is 32.2. The number of nitrogens with zero attached hydrogens (tertiary/aromatic N) is 1. The van der Waals surface area contributed by atoms with Crippen LogP contribution < -0.4 is 5.32 Å². The third kappa shape index (κ3) is 4.84. The molecule has 1 aromatic heterocycles. The number of aryl methyl sites for hydroxylation is 2. The monoisotopic (exact) mass is 426 g/mol. The lowest BCUT2D eigenvalue weighted by molar-refractivity contribution is -0.115. The average Bonchev–Trinajstić information content (AvgIpc) is 3.35. The molecule has 1 aliphatic carbocycles. The Morgan fingerprint density at radius 2 is 2.20 bits per heavy atom. The van der Waals surface area contributed by atoms with Crippen LogP contribution in [0.15, 0.2) is 46.3 Å². The summed E-state index contributed by atoms with van der Waals surface area (Å²) in [6, 6.07) is 6.37. The molecule has 4 rings (SSSR count). The number of amides is 2. The number of aromatic nitrogens is 1. The van der Waals surface area contributed by atoms with Crippen LogP contribution >= 0.6 is 11.8 Å². The molecular weight excluding hydrogens is 400 g/mol. The molecule has 1 N–H and O–H groups in total. The summed E-state index contributed by atoms with van der Waals surface area (Å²) >= 11 is 0.984. The van der Waals surface area contributed by atoms with Crippen molar-refractivity contribution in [2.75, 3.05) is 0 Å². The van der Waals surface area contributed by atoms with E-state index in [1.54, 1.807) is 6.26 Å². The number of ether oxygens (including phenoxy) is 1. The van der Waals surface area contributed by atoms with Crippen molar-refractivity contribution in [2.45, 2.75) is 58.2 Å². The van der Waals surface area contributed by atoms with E-state index in [9.17, 15) is 9.59 Å². The molecule has 30 heavy (non-hydrogen) atoms. The van der Waals surface area contributed by atoms with Crippen LogP contribution in [-0.2, 0) is 9.53 Å². The average molecular weight is 427 g/mol. The Morgan fingerprint density at radius 3 is 2.90 bits per heavy atom. The van der Waals surface area contributed by atoms with Crippen LogP contribution in [0.1, 0.15) is 60.6 Å². The van der Waals surface area contributed by atoms with Crippen LogP contribution in [0, 0.1) is 19.8 Å². The number of allylic oxidation sites excluding steroid dienone is 1. The number of carbonyl (C=O) groups is 2. The van der Waals surface area contributed by atoms with Crippen LogP contribution in [-0.4, -0.2) is 22.2 Å². The van der Waals surface area contributed by atoms with Gasteiger partial charge in [-0.05, 0) is 68.3 Å².